The van der Waals surface area contributed by atoms with E-state index >= 15 is 0 Å². The molecule has 0 aliphatic carbocycles. The summed E-state index contributed by atoms with van der Waals surface area (Å²) in [5.74, 6) is 0.444. The minimum absolute atomic E-state index is 0.173. The van der Waals surface area contributed by atoms with E-state index in [-0.39, 0.29) is 23.4 Å². The number of nitrogens with zero attached hydrogens (tertiary/aromatic N) is 1. The average molecular weight is 315 g/mol. The van der Waals surface area contributed by atoms with Crippen molar-refractivity contribution >= 4 is 10.8 Å². The molecule has 116 valence electrons. The largest absolute Gasteiger partial charge is 0.371 e. The van der Waals surface area contributed by atoms with Gasteiger partial charge in [0.2, 0.25) is 0 Å². The Kier molecular flexibility index (Phi) is 4.65. The Bertz CT molecular complexity index is 499. The fraction of sp³-hybridized carbons (Fsp3) is 0.538. The van der Waals surface area contributed by atoms with E-state index in [0.29, 0.717) is 12.4 Å². The molecular weight excluding hydrogens is 298 g/mol. The van der Waals surface area contributed by atoms with E-state index in [2.05, 4.69) is 0 Å². The lowest BCUT2D eigenvalue weighted by atomic mass is 10.1. The number of rotatable bonds is 5. The molecule has 2 fully saturated rings. The molecule has 0 saturated carbocycles. The number of benzene rings is 1. The van der Waals surface area contributed by atoms with E-state index in [1.54, 1.807) is 0 Å². The third-order valence-electron chi connectivity index (χ3n) is 3.68. The SMILES string of the molecule is O=S(Cc1ccccc1)[C@H]1CO[C@H]2[C@@H]1OC[C@H]2ON(O)O. The molecule has 2 heterocycles. The van der Waals surface area contributed by atoms with E-state index < -0.39 is 23.0 Å². The van der Waals surface area contributed by atoms with Crippen molar-refractivity contribution in [2.45, 2.75) is 29.3 Å². The maximum atomic E-state index is 12.5. The third-order valence-corrected chi connectivity index (χ3v) is 5.38. The monoisotopic (exact) mass is 315 g/mol. The summed E-state index contributed by atoms with van der Waals surface area (Å²) in [7, 11) is -1.13. The summed E-state index contributed by atoms with van der Waals surface area (Å²) in [4.78, 5) is 4.77. The number of hydrogen-bond acceptors (Lipinski definition) is 7. The van der Waals surface area contributed by atoms with Crippen LogP contribution in [0.2, 0.25) is 0 Å². The van der Waals surface area contributed by atoms with Crippen LogP contribution in [-0.4, -0.2) is 56.8 Å². The molecule has 5 atom stereocenters. The van der Waals surface area contributed by atoms with Gasteiger partial charge in [0.25, 0.3) is 0 Å². The Labute approximate surface area is 124 Å². The molecule has 2 aliphatic heterocycles. The van der Waals surface area contributed by atoms with Crippen LogP contribution in [0.5, 0.6) is 0 Å². The smallest absolute Gasteiger partial charge is 0.136 e. The van der Waals surface area contributed by atoms with Crippen molar-refractivity contribution < 1.29 is 28.9 Å². The lowest BCUT2D eigenvalue weighted by Gasteiger charge is -2.17. The van der Waals surface area contributed by atoms with Gasteiger partial charge in [-0.25, -0.2) is 4.84 Å². The predicted molar refractivity (Wildman–Crippen MR) is 71.8 cm³/mol. The first-order valence-electron chi connectivity index (χ1n) is 6.64. The van der Waals surface area contributed by atoms with Gasteiger partial charge in [-0.3, -0.25) is 14.6 Å². The highest BCUT2D eigenvalue weighted by atomic mass is 32.2. The van der Waals surface area contributed by atoms with Crippen LogP contribution in [0.15, 0.2) is 30.3 Å². The number of ether oxygens (including phenoxy) is 2. The summed E-state index contributed by atoms with van der Waals surface area (Å²) in [6.45, 7) is 0.484. The van der Waals surface area contributed by atoms with Gasteiger partial charge in [-0.15, -0.1) is 0 Å². The normalized spacial score (nSPS) is 33.3. The van der Waals surface area contributed by atoms with Crippen molar-refractivity contribution in [2.24, 2.45) is 0 Å². The van der Waals surface area contributed by atoms with E-state index in [4.69, 9.17) is 24.7 Å². The highest BCUT2D eigenvalue weighted by molar-refractivity contribution is 7.85. The first-order valence-corrected chi connectivity index (χ1v) is 8.02. The van der Waals surface area contributed by atoms with Crippen LogP contribution in [-0.2, 0) is 30.9 Å². The van der Waals surface area contributed by atoms with Gasteiger partial charge in [-0.2, -0.15) is 0 Å². The molecule has 21 heavy (non-hydrogen) atoms. The standard InChI is InChI=1S/C13H17NO6S/c15-14(16)20-10-6-18-13-11(7-19-12(10)13)21(17)8-9-4-2-1-3-5-9/h1-5,10-13,15-16H,6-8H2/t10-,11+,12-,13-,21?/m1/s1. The van der Waals surface area contributed by atoms with Gasteiger partial charge in [-0.1, -0.05) is 30.3 Å². The molecule has 0 amide bonds. The van der Waals surface area contributed by atoms with Crippen LogP contribution >= 0.6 is 0 Å². The van der Waals surface area contributed by atoms with Crippen molar-refractivity contribution in [2.75, 3.05) is 13.2 Å². The zero-order valence-electron chi connectivity index (χ0n) is 11.2. The van der Waals surface area contributed by atoms with Crippen LogP contribution in [0.4, 0.5) is 0 Å². The second-order valence-electron chi connectivity index (χ2n) is 5.04. The molecule has 3 rings (SSSR count). The van der Waals surface area contributed by atoms with Gasteiger partial charge < -0.3 is 9.47 Å². The molecule has 1 aromatic carbocycles. The van der Waals surface area contributed by atoms with Gasteiger partial charge in [0.05, 0.1) is 23.9 Å². The molecule has 2 N–H and O–H groups in total. The second-order valence-corrected chi connectivity index (χ2v) is 6.70. The van der Waals surface area contributed by atoms with Gasteiger partial charge in [0, 0.05) is 16.6 Å². The highest BCUT2D eigenvalue weighted by Crippen LogP contribution is 2.32. The van der Waals surface area contributed by atoms with Crippen LogP contribution in [0.3, 0.4) is 0 Å². The van der Waals surface area contributed by atoms with Crippen LogP contribution in [0.25, 0.3) is 0 Å². The predicted octanol–water partition coefficient (Wildman–Crippen LogP) is 0.482. The van der Waals surface area contributed by atoms with Gasteiger partial charge in [0.15, 0.2) is 0 Å². The molecule has 0 bridgehead atoms. The molecule has 0 spiro atoms. The molecule has 2 aliphatic rings. The van der Waals surface area contributed by atoms with Gasteiger partial charge >= 0.3 is 0 Å². The Morgan fingerprint density at radius 2 is 1.90 bits per heavy atom. The van der Waals surface area contributed by atoms with E-state index in [1.807, 2.05) is 30.3 Å². The topological polar surface area (TPSA) is 88.5 Å². The van der Waals surface area contributed by atoms with Crippen molar-refractivity contribution in [1.29, 1.82) is 0 Å². The molecule has 2 saturated heterocycles. The van der Waals surface area contributed by atoms with E-state index in [9.17, 15) is 4.21 Å². The fourth-order valence-electron chi connectivity index (χ4n) is 2.71. The molecule has 7 nitrogen and oxygen atoms in total. The van der Waals surface area contributed by atoms with Crippen molar-refractivity contribution in [1.82, 2.24) is 5.39 Å². The Morgan fingerprint density at radius 3 is 2.62 bits per heavy atom. The molecule has 1 unspecified atom stereocenters. The van der Waals surface area contributed by atoms with Gasteiger partial charge in [0.1, 0.15) is 18.3 Å². The highest BCUT2D eigenvalue weighted by Gasteiger charge is 2.51. The molecule has 0 radical (unpaired) electrons. The Hall–Kier alpha value is -0.870. The Morgan fingerprint density at radius 1 is 1.19 bits per heavy atom. The minimum atomic E-state index is -1.13. The molecule has 8 heteroatoms. The number of hydrogen-bond donors (Lipinski definition) is 2. The molecule has 1 aromatic rings. The summed E-state index contributed by atoms with van der Waals surface area (Å²) in [5, 5.41) is 16.8. The minimum Gasteiger partial charge on any atom is -0.371 e. The number of fused-ring (bicyclic) bond motifs is 1. The summed E-state index contributed by atoms with van der Waals surface area (Å²) in [5.41, 5.74) is 1.00. The summed E-state index contributed by atoms with van der Waals surface area (Å²) >= 11 is 0. The molecule has 0 aromatic heterocycles. The zero-order valence-corrected chi connectivity index (χ0v) is 12.0. The quantitative estimate of drug-likeness (QED) is 0.764. The van der Waals surface area contributed by atoms with E-state index in [1.165, 1.54) is 0 Å². The van der Waals surface area contributed by atoms with Gasteiger partial charge in [-0.05, 0) is 5.56 Å². The molecular formula is C13H17NO6S. The van der Waals surface area contributed by atoms with Crippen LogP contribution in [0, 0.1) is 0 Å². The first-order chi connectivity index (χ1) is 10.1. The fourth-order valence-corrected chi connectivity index (χ4v) is 4.21. The summed E-state index contributed by atoms with van der Waals surface area (Å²) < 4.78 is 23.6. The lowest BCUT2D eigenvalue weighted by Crippen LogP contribution is -2.37. The maximum absolute atomic E-state index is 12.5. The van der Waals surface area contributed by atoms with Crippen molar-refractivity contribution in [3.05, 3.63) is 35.9 Å². The Balaban J connectivity index is 1.62. The first kappa shape index (κ1) is 15.0. The maximum Gasteiger partial charge on any atom is 0.136 e. The second kappa shape index (κ2) is 6.49. The average Bonchev–Trinajstić information content (AvgIpc) is 3.02. The lowest BCUT2D eigenvalue weighted by molar-refractivity contribution is -0.507. The third kappa shape index (κ3) is 3.32. The van der Waals surface area contributed by atoms with Crippen LogP contribution in [0.1, 0.15) is 5.56 Å². The van der Waals surface area contributed by atoms with Crippen LogP contribution < -0.4 is 0 Å². The van der Waals surface area contributed by atoms with Crippen molar-refractivity contribution in [3.8, 4) is 0 Å². The summed E-state index contributed by atoms with van der Waals surface area (Å²) in [6, 6.07) is 9.60. The van der Waals surface area contributed by atoms with Crippen molar-refractivity contribution in [3.63, 3.8) is 0 Å². The summed E-state index contributed by atoms with van der Waals surface area (Å²) in [6.07, 6.45) is -1.39. The zero-order chi connectivity index (χ0) is 14.8. The van der Waals surface area contributed by atoms with E-state index in [0.717, 1.165) is 5.56 Å².